The lowest BCUT2D eigenvalue weighted by molar-refractivity contribution is -0.178. The van der Waals surface area contributed by atoms with Gasteiger partial charge in [-0.05, 0) is 42.9 Å². The fourth-order valence-corrected chi connectivity index (χ4v) is 5.45. The van der Waals surface area contributed by atoms with Crippen molar-refractivity contribution in [2.75, 3.05) is 0 Å². The second-order valence-electron chi connectivity index (χ2n) is 6.29. The zero-order valence-corrected chi connectivity index (χ0v) is 16.9. The average Bonchev–Trinajstić information content (AvgIpc) is 2.75. The molecular weight excluding hydrogens is 408 g/mol. The van der Waals surface area contributed by atoms with Crippen LogP contribution in [0.1, 0.15) is 32.3 Å². The van der Waals surface area contributed by atoms with Gasteiger partial charge in [-0.15, -0.1) is 0 Å². The van der Waals surface area contributed by atoms with Gasteiger partial charge >= 0.3 is 16.4 Å². The van der Waals surface area contributed by atoms with Crippen molar-refractivity contribution in [1.82, 2.24) is 0 Å². The first-order valence-corrected chi connectivity index (χ1v) is 9.98. The van der Waals surface area contributed by atoms with Gasteiger partial charge in [0, 0.05) is 6.42 Å². The van der Waals surface area contributed by atoms with Crippen LogP contribution in [0, 0.1) is 0 Å². The third-order valence-corrected chi connectivity index (χ3v) is 6.40. The summed E-state index contributed by atoms with van der Waals surface area (Å²) in [5, 5.41) is 21.3. The minimum atomic E-state index is -2.12. The highest BCUT2D eigenvalue weighted by molar-refractivity contribution is 8.21. The fraction of sp³-hybridized carbons (Fsp3) is 0.444. The highest BCUT2D eigenvalue weighted by atomic mass is 32.2. The number of aliphatic hydroxyl groups is 2. The Bertz CT molecular complexity index is 736. The van der Waals surface area contributed by atoms with Crippen LogP contribution in [-0.4, -0.2) is 48.5 Å². The summed E-state index contributed by atoms with van der Waals surface area (Å²) in [6, 6.07) is 8.77. The number of ether oxygens (including phenoxy) is 2. The van der Waals surface area contributed by atoms with Crippen molar-refractivity contribution in [2.45, 2.75) is 47.9 Å². The van der Waals surface area contributed by atoms with Crippen LogP contribution in [-0.2, 0) is 35.1 Å². The van der Waals surface area contributed by atoms with E-state index in [-0.39, 0.29) is 6.42 Å². The molecule has 1 aliphatic heterocycles. The third kappa shape index (κ3) is 6.06. The Morgan fingerprint density at radius 1 is 1.00 bits per heavy atom. The SMILES string of the molecule is CC(=O)CC(=O)OC1(OC(=O)CC(C)=O)SC(O)C(O)(Cc2ccccc2)S1. The predicted octanol–water partition coefficient (Wildman–Crippen LogP) is 1.37. The molecule has 2 unspecified atom stereocenters. The van der Waals surface area contributed by atoms with E-state index in [0.717, 1.165) is 0 Å². The van der Waals surface area contributed by atoms with Crippen LogP contribution >= 0.6 is 23.5 Å². The first-order valence-electron chi connectivity index (χ1n) is 8.28. The van der Waals surface area contributed by atoms with Gasteiger partial charge in [-0.3, -0.25) is 19.2 Å². The smallest absolute Gasteiger partial charge is 0.363 e. The molecule has 0 bridgehead atoms. The van der Waals surface area contributed by atoms with Crippen molar-refractivity contribution >= 4 is 47.0 Å². The Labute approximate surface area is 170 Å². The molecule has 1 aromatic rings. The molecule has 8 nitrogen and oxygen atoms in total. The van der Waals surface area contributed by atoms with E-state index in [0.29, 0.717) is 29.1 Å². The summed E-state index contributed by atoms with van der Waals surface area (Å²) in [6.07, 6.45) is -1.16. The fourth-order valence-electron chi connectivity index (χ4n) is 2.40. The van der Waals surface area contributed by atoms with Gasteiger partial charge in [-0.2, -0.15) is 0 Å². The van der Waals surface area contributed by atoms with Gasteiger partial charge in [0.1, 0.15) is 29.8 Å². The van der Waals surface area contributed by atoms with E-state index in [1.165, 1.54) is 13.8 Å². The zero-order chi connectivity index (χ0) is 20.9. The molecule has 10 heteroatoms. The maximum Gasteiger partial charge on any atom is 0.363 e. The Morgan fingerprint density at radius 3 is 1.96 bits per heavy atom. The number of rotatable bonds is 8. The monoisotopic (exact) mass is 428 g/mol. The molecule has 0 radical (unpaired) electrons. The van der Waals surface area contributed by atoms with E-state index in [4.69, 9.17) is 9.47 Å². The molecule has 1 aromatic carbocycles. The summed E-state index contributed by atoms with van der Waals surface area (Å²) < 4.78 is 8.19. The van der Waals surface area contributed by atoms with Crippen LogP contribution in [0.5, 0.6) is 0 Å². The second-order valence-corrected chi connectivity index (χ2v) is 9.21. The Balaban J connectivity index is 2.25. The lowest BCUT2D eigenvalue weighted by Gasteiger charge is -2.28. The molecule has 2 N–H and O–H groups in total. The van der Waals surface area contributed by atoms with Crippen molar-refractivity contribution in [3.05, 3.63) is 35.9 Å². The molecule has 28 heavy (non-hydrogen) atoms. The number of carbonyl (C=O) groups excluding carboxylic acids is 4. The van der Waals surface area contributed by atoms with Crippen LogP contribution in [0.2, 0.25) is 0 Å². The number of thioether (sulfide) groups is 2. The van der Waals surface area contributed by atoms with Crippen LogP contribution in [0.25, 0.3) is 0 Å². The van der Waals surface area contributed by atoms with Gasteiger partial charge in [0.2, 0.25) is 0 Å². The molecule has 1 heterocycles. The third-order valence-electron chi connectivity index (χ3n) is 3.51. The standard InChI is InChI=1S/C18H20O8S2/c1-11(19)8-14(21)25-18(26-15(22)9-12(2)20)27-16(23)17(24,28-18)10-13-6-4-3-5-7-13/h3-7,16,23-24H,8-10H2,1-2H3. The molecule has 1 fully saturated rings. The van der Waals surface area contributed by atoms with Crippen molar-refractivity contribution < 1.29 is 38.9 Å². The summed E-state index contributed by atoms with van der Waals surface area (Å²) in [6.45, 7) is 2.37. The minimum absolute atomic E-state index is 0.0249. The number of esters is 2. The lowest BCUT2D eigenvalue weighted by atomic mass is 10.1. The average molecular weight is 428 g/mol. The quantitative estimate of drug-likeness (QED) is 0.356. The van der Waals surface area contributed by atoms with E-state index < -0.39 is 51.2 Å². The summed E-state index contributed by atoms with van der Waals surface area (Å²) in [7, 11) is 0. The molecule has 0 aliphatic carbocycles. The van der Waals surface area contributed by atoms with Crippen LogP contribution in [0.15, 0.2) is 30.3 Å². The van der Waals surface area contributed by atoms with Gasteiger partial charge in [-0.25, -0.2) is 0 Å². The van der Waals surface area contributed by atoms with Crippen molar-refractivity contribution in [3.63, 3.8) is 0 Å². The molecule has 152 valence electrons. The number of Topliss-reactive ketones (excluding diaryl/α,β-unsaturated/α-hetero) is 2. The first-order chi connectivity index (χ1) is 13.0. The first kappa shape index (κ1) is 22.4. The molecule has 2 rings (SSSR count). The van der Waals surface area contributed by atoms with Crippen molar-refractivity contribution in [3.8, 4) is 0 Å². The number of carbonyl (C=O) groups is 4. The van der Waals surface area contributed by atoms with Gasteiger partial charge in [0.15, 0.2) is 4.93 Å². The predicted molar refractivity (Wildman–Crippen MR) is 102 cm³/mol. The largest absolute Gasteiger partial charge is 0.403 e. The molecule has 2 atom stereocenters. The molecule has 1 aliphatic rings. The normalized spacial score (nSPS) is 23.1. The van der Waals surface area contributed by atoms with Crippen LogP contribution in [0.3, 0.4) is 0 Å². The lowest BCUT2D eigenvalue weighted by Crippen LogP contribution is -2.37. The van der Waals surface area contributed by atoms with Crippen molar-refractivity contribution in [1.29, 1.82) is 0 Å². The van der Waals surface area contributed by atoms with E-state index in [1.807, 2.05) is 0 Å². The highest BCUT2D eigenvalue weighted by Gasteiger charge is 2.61. The second kappa shape index (κ2) is 9.08. The number of benzene rings is 1. The number of hydrogen-bond donors (Lipinski definition) is 2. The van der Waals surface area contributed by atoms with E-state index >= 15 is 0 Å². The molecule has 1 saturated heterocycles. The Hall–Kier alpha value is -1.88. The maximum atomic E-state index is 12.0. The van der Waals surface area contributed by atoms with E-state index in [1.54, 1.807) is 30.3 Å². The number of ketones is 2. The summed E-state index contributed by atoms with van der Waals surface area (Å²) in [4.78, 5) is 44.5. The Kier molecular flexibility index (Phi) is 7.27. The Morgan fingerprint density at radius 2 is 1.50 bits per heavy atom. The summed E-state index contributed by atoms with van der Waals surface area (Å²) >= 11 is 1.04. The molecule has 0 aromatic heterocycles. The van der Waals surface area contributed by atoms with Crippen molar-refractivity contribution in [2.24, 2.45) is 0 Å². The topological polar surface area (TPSA) is 127 Å². The zero-order valence-electron chi connectivity index (χ0n) is 15.2. The summed E-state index contributed by atoms with van der Waals surface area (Å²) in [5.74, 6) is -2.91. The maximum absolute atomic E-state index is 12.0. The van der Waals surface area contributed by atoms with Gasteiger partial charge in [-0.1, -0.05) is 30.3 Å². The molecule has 0 amide bonds. The number of aliphatic hydroxyl groups excluding tert-OH is 1. The molecule has 0 spiro atoms. The van der Waals surface area contributed by atoms with E-state index in [9.17, 15) is 29.4 Å². The highest BCUT2D eigenvalue weighted by Crippen LogP contribution is 2.58. The summed E-state index contributed by atoms with van der Waals surface area (Å²) in [5.41, 5.74) is -0.786. The van der Waals surface area contributed by atoms with Gasteiger partial charge in [0.25, 0.3) is 0 Å². The van der Waals surface area contributed by atoms with E-state index in [2.05, 4.69) is 0 Å². The molecular formula is C18H20O8S2. The van der Waals surface area contributed by atoms with Crippen LogP contribution in [0.4, 0.5) is 0 Å². The minimum Gasteiger partial charge on any atom is -0.403 e. The number of hydrogen-bond acceptors (Lipinski definition) is 10. The van der Waals surface area contributed by atoms with Crippen LogP contribution < -0.4 is 0 Å². The van der Waals surface area contributed by atoms with Gasteiger partial charge < -0.3 is 19.7 Å². The van der Waals surface area contributed by atoms with Gasteiger partial charge in [0.05, 0.1) is 0 Å². The molecule has 0 saturated carbocycles.